The van der Waals surface area contributed by atoms with E-state index in [0.717, 1.165) is 16.5 Å². The number of carbonyl (C=O) groups excluding carboxylic acids is 1. The molecular weight excluding hydrogens is 354 g/mol. The number of halogens is 1. The minimum absolute atomic E-state index is 0.0280. The fraction of sp³-hybridized carbons (Fsp3) is 0.533. The van der Waals surface area contributed by atoms with E-state index in [0.29, 0.717) is 31.5 Å². The Balaban J connectivity index is 2.15. The van der Waals surface area contributed by atoms with E-state index >= 15 is 0 Å². The molecular formula is C15H20BrNO3S. The first-order valence-electron chi connectivity index (χ1n) is 7.03. The minimum Gasteiger partial charge on any atom is -0.339 e. The lowest BCUT2D eigenvalue weighted by Crippen LogP contribution is -2.33. The fourth-order valence-corrected chi connectivity index (χ4v) is 4.21. The monoisotopic (exact) mass is 373 g/mol. The minimum atomic E-state index is -3.03. The number of nitrogens with zero attached hydrogens (tertiary/aromatic N) is 1. The molecule has 0 saturated carbocycles. The smallest absolute Gasteiger partial charge is 0.255 e. The molecule has 21 heavy (non-hydrogen) atoms. The number of carbonyl (C=O) groups is 1. The highest BCUT2D eigenvalue weighted by Gasteiger charge is 2.27. The lowest BCUT2D eigenvalue weighted by Gasteiger charge is -2.21. The van der Waals surface area contributed by atoms with Crippen LogP contribution in [0.3, 0.4) is 0 Å². The van der Waals surface area contributed by atoms with Crippen LogP contribution in [0.2, 0.25) is 0 Å². The summed E-state index contributed by atoms with van der Waals surface area (Å²) in [6.45, 7) is 3.06. The number of hydrogen-bond donors (Lipinski definition) is 0. The zero-order chi connectivity index (χ0) is 15.6. The van der Waals surface area contributed by atoms with Crippen molar-refractivity contribution in [3.63, 3.8) is 0 Å². The third kappa shape index (κ3) is 4.07. The van der Waals surface area contributed by atoms with E-state index < -0.39 is 9.84 Å². The van der Waals surface area contributed by atoms with Crippen molar-refractivity contribution in [2.45, 2.75) is 31.4 Å². The fourth-order valence-electron chi connectivity index (χ4n) is 2.67. The molecule has 0 aliphatic carbocycles. The van der Waals surface area contributed by atoms with Gasteiger partial charge >= 0.3 is 0 Å². The van der Waals surface area contributed by atoms with Crippen LogP contribution in [0.5, 0.6) is 0 Å². The Morgan fingerprint density at radius 3 is 2.67 bits per heavy atom. The van der Waals surface area contributed by atoms with Gasteiger partial charge in [-0.3, -0.25) is 4.79 Å². The van der Waals surface area contributed by atoms with Crippen molar-refractivity contribution in [1.82, 2.24) is 4.90 Å². The maximum absolute atomic E-state index is 12.6. The van der Waals surface area contributed by atoms with Crippen LogP contribution < -0.4 is 0 Å². The van der Waals surface area contributed by atoms with E-state index in [1.165, 1.54) is 6.26 Å². The molecule has 0 radical (unpaired) electrons. The number of hydrogen-bond acceptors (Lipinski definition) is 3. The second-order valence-corrected chi connectivity index (χ2v) is 8.84. The zero-order valence-electron chi connectivity index (χ0n) is 12.3. The molecule has 116 valence electrons. The van der Waals surface area contributed by atoms with Crippen LogP contribution in [0, 0.1) is 6.92 Å². The molecule has 1 amide bonds. The Hall–Kier alpha value is -0.880. The van der Waals surface area contributed by atoms with Crippen LogP contribution in [0.1, 0.15) is 35.2 Å². The van der Waals surface area contributed by atoms with Crippen LogP contribution in [0.25, 0.3) is 0 Å². The van der Waals surface area contributed by atoms with Gasteiger partial charge < -0.3 is 4.90 Å². The van der Waals surface area contributed by atoms with Crippen molar-refractivity contribution < 1.29 is 13.2 Å². The molecule has 2 rings (SSSR count). The Bertz CT molecular complexity index is 642. The van der Waals surface area contributed by atoms with Gasteiger partial charge in [-0.15, -0.1) is 0 Å². The lowest BCUT2D eigenvalue weighted by atomic mass is 10.1. The van der Waals surface area contributed by atoms with E-state index in [2.05, 4.69) is 15.9 Å². The van der Waals surface area contributed by atoms with Crippen LogP contribution >= 0.6 is 15.9 Å². The van der Waals surface area contributed by atoms with Crippen LogP contribution in [-0.4, -0.2) is 43.8 Å². The molecule has 1 heterocycles. The summed E-state index contributed by atoms with van der Waals surface area (Å²) in [5.74, 6) is -0.0280. The molecule has 1 aliphatic rings. The Morgan fingerprint density at radius 2 is 2.00 bits per heavy atom. The molecule has 6 heteroatoms. The number of aryl methyl sites for hydroxylation is 1. The van der Waals surface area contributed by atoms with Gasteiger partial charge in [0.2, 0.25) is 0 Å². The molecule has 0 spiro atoms. The highest BCUT2D eigenvalue weighted by atomic mass is 79.9. The van der Waals surface area contributed by atoms with Gasteiger partial charge in [-0.25, -0.2) is 8.42 Å². The number of sulfone groups is 1. The largest absolute Gasteiger partial charge is 0.339 e. The summed E-state index contributed by atoms with van der Waals surface area (Å²) < 4.78 is 24.1. The van der Waals surface area contributed by atoms with E-state index in [4.69, 9.17) is 0 Å². The van der Waals surface area contributed by atoms with Crippen molar-refractivity contribution >= 4 is 31.7 Å². The number of rotatable bonds is 2. The van der Waals surface area contributed by atoms with E-state index in [1.807, 2.05) is 25.1 Å². The second kappa shape index (κ2) is 6.48. The van der Waals surface area contributed by atoms with Crippen LogP contribution in [0.4, 0.5) is 0 Å². The van der Waals surface area contributed by atoms with Gasteiger partial charge in [0, 0.05) is 23.8 Å². The molecule has 1 aromatic carbocycles. The molecule has 4 nitrogen and oxygen atoms in total. The topological polar surface area (TPSA) is 54.5 Å². The van der Waals surface area contributed by atoms with E-state index in [9.17, 15) is 13.2 Å². The number of benzene rings is 1. The third-order valence-electron chi connectivity index (χ3n) is 3.92. The summed E-state index contributed by atoms with van der Waals surface area (Å²) >= 11 is 3.42. The average Bonchev–Trinajstić information content (AvgIpc) is 2.66. The predicted molar refractivity (Wildman–Crippen MR) is 87.3 cm³/mol. The van der Waals surface area contributed by atoms with E-state index in [-0.39, 0.29) is 11.2 Å². The molecule has 0 N–H and O–H groups in total. The van der Waals surface area contributed by atoms with Crippen molar-refractivity contribution in [2.24, 2.45) is 0 Å². The van der Waals surface area contributed by atoms with E-state index in [1.54, 1.807) is 4.90 Å². The van der Waals surface area contributed by atoms with Gasteiger partial charge in [-0.2, -0.15) is 0 Å². The zero-order valence-corrected chi connectivity index (χ0v) is 14.7. The maximum atomic E-state index is 12.6. The maximum Gasteiger partial charge on any atom is 0.255 e. The highest BCUT2D eigenvalue weighted by molar-refractivity contribution is 9.10. The standard InChI is InChI=1S/C15H20BrNO3S/c1-11-5-6-14(16)13(10-11)15(18)17-8-3-4-12(7-9-17)21(2,19)20/h5-6,10,12H,3-4,7-9H2,1-2H3. The van der Waals surface area contributed by atoms with Gasteiger partial charge in [-0.1, -0.05) is 11.6 Å². The van der Waals surface area contributed by atoms with Crippen LogP contribution in [0.15, 0.2) is 22.7 Å². The summed E-state index contributed by atoms with van der Waals surface area (Å²) in [6.07, 6.45) is 3.17. The van der Waals surface area contributed by atoms with Gasteiger partial charge in [-0.05, 0) is 54.2 Å². The van der Waals surface area contributed by atoms with Crippen LogP contribution in [-0.2, 0) is 9.84 Å². The number of likely N-dealkylation sites (tertiary alicyclic amines) is 1. The molecule has 1 fully saturated rings. The average molecular weight is 374 g/mol. The molecule has 0 bridgehead atoms. The number of amides is 1. The Labute approximate surface area is 134 Å². The quantitative estimate of drug-likeness (QED) is 0.800. The first-order valence-corrected chi connectivity index (χ1v) is 9.78. The molecule has 1 aliphatic heterocycles. The summed E-state index contributed by atoms with van der Waals surface area (Å²) in [6, 6.07) is 5.69. The van der Waals surface area contributed by atoms with Gasteiger partial charge in [0.05, 0.1) is 10.8 Å². The summed E-state index contributed by atoms with van der Waals surface area (Å²) in [5, 5.41) is -0.323. The Morgan fingerprint density at radius 1 is 1.29 bits per heavy atom. The first-order chi connectivity index (χ1) is 9.79. The molecule has 1 unspecified atom stereocenters. The summed E-state index contributed by atoms with van der Waals surface area (Å²) in [5.41, 5.74) is 1.68. The van der Waals surface area contributed by atoms with Gasteiger partial charge in [0.15, 0.2) is 0 Å². The van der Waals surface area contributed by atoms with Gasteiger partial charge in [0.25, 0.3) is 5.91 Å². The summed E-state index contributed by atoms with van der Waals surface area (Å²) in [4.78, 5) is 14.4. The lowest BCUT2D eigenvalue weighted by molar-refractivity contribution is 0.0760. The van der Waals surface area contributed by atoms with Gasteiger partial charge in [0.1, 0.15) is 9.84 Å². The van der Waals surface area contributed by atoms with Crippen molar-refractivity contribution in [3.05, 3.63) is 33.8 Å². The summed E-state index contributed by atoms with van der Waals surface area (Å²) in [7, 11) is -3.03. The molecule has 1 aromatic rings. The molecule has 1 atom stereocenters. The highest BCUT2D eigenvalue weighted by Crippen LogP contribution is 2.23. The molecule has 1 saturated heterocycles. The van der Waals surface area contributed by atoms with Crippen molar-refractivity contribution in [3.8, 4) is 0 Å². The second-order valence-electron chi connectivity index (χ2n) is 5.66. The normalized spacial score (nSPS) is 20.1. The third-order valence-corrected chi connectivity index (χ3v) is 6.29. The molecule has 0 aromatic heterocycles. The first kappa shape index (κ1) is 16.5. The van der Waals surface area contributed by atoms with Crippen molar-refractivity contribution in [2.75, 3.05) is 19.3 Å². The van der Waals surface area contributed by atoms with Crippen molar-refractivity contribution in [1.29, 1.82) is 0 Å². The Kier molecular flexibility index (Phi) is 5.09. The SMILES string of the molecule is Cc1ccc(Br)c(C(=O)N2CCCC(S(C)(=O)=O)CC2)c1. The predicted octanol–water partition coefficient (Wildman–Crippen LogP) is 2.80.